The maximum atomic E-state index is 12.5. The first-order valence-electron chi connectivity index (χ1n) is 9.65. The minimum atomic E-state index is 0.0611. The van der Waals surface area contributed by atoms with Gasteiger partial charge >= 0.3 is 0 Å². The van der Waals surface area contributed by atoms with Gasteiger partial charge in [-0.15, -0.1) is 0 Å². The van der Waals surface area contributed by atoms with Crippen LogP contribution in [-0.2, 0) is 22.7 Å². The molecule has 0 saturated carbocycles. The number of hydrogen-bond acceptors (Lipinski definition) is 4. The number of hydrogen-bond donors (Lipinski definition) is 0. The second kappa shape index (κ2) is 9.34. The van der Waals surface area contributed by atoms with Gasteiger partial charge in [-0.1, -0.05) is 0 Å². The zero-order valence-corrected chi connectivity index (χ0v) is 15.9. The molecule has 0 aromatic carbocycles. The van der Waals surface area contributed by atoms with Crippen LogP contribution in [0.5, 0.6) is 0 Å². The Morgan fingerprint density at radius 2 is 1.52 bits per heavy atom. The van der Waals surface area contributed by atoms with Crippen LogP contribution in [0.15, 0.2) is 36.9 Å². The molecule has 8 nitrogen and oxygen atoms in total. The number of rotatable bonds is 8. The van der Waals surface area contributed by atoms with Crippen molar-refractivity contribution < 1.29 is 9.59 Å². The van der Waals surface area contributed by atoms with Crippen molar-refractivity contribution in [2.45, 2.75) is 51.7 Å². The monoisotopic (exact) mass is 372 g/mol. The Morgan fingerprint density at radius 3 is 2.04 bits per heavy atom. The number of aromatic nitrogens is 4. The third-order valence-electron chi connectivity index (χ3n) is 4.97. The quantitative estimate of drug-likeness (QED) is 0.702. The SMILES string of the molecule is C[C@H]1CN(C(=O)CCCn2cccn2)CCN1C(=O)CCCn1cccn1. The number of piperazine rings is 1. The lowest BCUT2D eigenvalue weighted by molar-refractivity contribution is -0.142. The first-order valence-corrected chi connectivity index (χ1v) is 9.65. The van der Waals surface area contributed by atoms with Crippen molar-refractivity contribution >= 4 is 11.8 Å². The minimum Gasteiger partial charge on any atom is -0.339 e. The van der Waals surface area contributed by atoms with Gasteiger partial charge < -0.3 is 9.80 Å². The number of aryl methyl sites for hydroxylation is 2. The first-order chi connectivity index (χ1) is 13.1. The van der Waals surface area contributed by atoms with Gasteiger partial charge in [-0.05, 0) is 31.9 Å². The largest absolute Gasteiger partial charge is 0.339 e. The Balaban J connectivity index is 1.37. The molecule has 3 rings (SSSR count). The van der Waals surface area contributed by atoms with E-state index in [4.69, 9.17) is 0 Å². The highest BCUT2D eigenvalue weighted by Crippen LogP contribution is 2.14. The van der Waals surface area contributed by atoms with Gasteiger partial charge in [0.15, 0.2) is 0 Å². The third-order valence-corrected chi connectivity index (χ3v) is 4.97. The highest BCUT2D eigenvalue weighted by atomic mass is 16.2. The standard InChI is InChI=1S/C19H28N6O2/c1-17-16-22(18(26)6-2-10-23-12-4-8-20-23)14-15-25(17)19(27)7-3-11-24-13-5-9-21-24/h4-5,8-9,12-13,17H,2-3,6-7,10-11,14-16H2,1H3/t17-/m0/s1. The fourth-order valence-corrected chi connectivity index (χ4v) is 3.51. The second-order valence-corrected chi connectivity index (χ2v) is 7.02. The van der Waals surface area contributed by atoms with Crippen molar-refractivity contribution in [3.8, 4) is 0 Å². The molecule has 3 heterocycles. The predicted molar refractivity (Wildman–Crippen MR) is 101 cm³/mol. The van der Waals surface area contributed by atoms with Gasteiger partial charge in [0.05, 0.1) is 0 Å². The van der Waals surface area contributed by atoms with Crippen molar-refractivity contribution in [2.75, 3.05) is 19.6 Å². The first kappa shape index (κ1) is 19.1. The molecule has 0 N–H and O–H groups in total. The molecule has 2 aromatic heterocycles. The number of amides is 2. The van der Waals surface area contributed by atoms with E-state index in [2.05, 4.69) is 10.2 Å². The summed E-state index contributed by atoms with van der Waals surface area (Å²) in [5.74, 6) is 0.334. The van der Waals surface area contributed by atoms with Gasteiger partial charge in [0.25, 0.3) is 0 Å². The van der Waals surface area contributed by atoms with Crippen LogP contribution in [0.2, 0.25) is 0 Å². The number of nitrogens with zero attached hydrogens (tertiary/aromatic N) is 6. The molecule has 0 bridgehead atoms. The van der Waals surface area contributed by atoms with Gasteiger partial charge in [-0.3, -0.25) is 19.0 Å². The smallest absolute Gasteiger partial charge is 0.222 e. The second-order valence-electron chi connectivity index (χ2n) is 7.02. The molecule has 0 radical (unpaired) electrons. The number of carbonyl (C=O) groups is 2. The molecular formula is C19H28N6O2. The Kier molecular flexibility index (Phi) is 6.62. The summed E-state index contributed by atoms with van der Waals surface area (Å²) in [5.41, 5.74) is 0. The molecule has 1 aliphatic rings. The summed E-state index contributed by atoms with van der Waals surface area (Å²) in [5, 5.41) is 8.30. The third kappa shape index (κ3) is 5.42. The summed E-state index contributed by atoms with van der Waals surface area (Å²) in [4.78, 5) is 28.7. The van der Waals surface area contributed by atoms with Crippen LogP contribution in [0.25, 0.3) is 0 Å². The highest BCUT2D eigenvalue weighted by Gasteiger charge is 2.29. The van der Waals surface area contributed by atoms with Crippen molar-refractivity contribution in [1.82, 2.24) is 29.4 Å². The lowest BCUT2D eigenvalue weighted by Crippen LogP contribution is -2.55. The molecule has 2 amide bonds. The van der Waals surface area contributed by atoms with E-state index in [1.54, 1.807) is 12.4 Å². The van der Waals surface area contributed by atoms with Crippen molar-refractivity contribution in [3.63, 3.8) is 0 Å². The predicted octanol–water partition coefficient (Wildman–Crippen LogP) is 1.40. The van der Waals surface area contributed by atoms with E-state index in [9.17, 15) is 9.59 Å². The summed E-state index contributed by atoms with van der Waals surface area (Å²) >= 11 is 0. The molecule has 1 aliphatic heterocycles. The molecule has 1 atom stereocenters. The summed E-state index contributed by atoms with van der Waals surface area (Å²) in [6.45, 7) is 5.38. The minimum absolute atomic E-state index is 0.0611. The van der Waals surface area contributed by atoms with Crippen molar-refractivity contribution in [3.05, 3.63) is 36.9 Å². The summed E-state index contributed by atoms with van der Waals surface area (Å²) in [7, 11) is 0. The van der Waals surface area contributed by atoms with E-state index < -0.39 is 0 Å². The summed E-state index contributed by atoms with van der Waals surface area (Å²) in [6, 6.07) is 3.83. The zero-order chi connectivity index (χ0) is 19.1. The molecule has 0 aliphatic carbocycles. The van der Waals surface area contributed by atoms with Crippen LogP contribution in [0.1, 0.15) is 32.6 Å². The topological polar surface area (TPSA) is 76.3 Å². The molecule has 0 spiro atoms. The van der Waals surface area contributed by atoms with Crippen molar-refractivity contribution in [1.29, 1.82) is 0 Å². The van der Waals surface area contributed by atoms with E-state index >= 15 is 0 Å². The Bertz CT molecular complexity index is 713. The highest BCUT2D eigenvalue weighted by molar-refractivity contribution is 5.78. The molecular weight excluding hydrogens is 344 g/mol. The fraction of sp³-hybridized carbons (Fsp3) is 0.579. The lowest BCUT2D eigenvalue weighted by atomic mass is 10.1. The van der Waals surface area contributed by atoms with Crippen LogP contribution in [0.4, 0.5) is 0 Å². The van der Waals surface area contributed by atoms with Crippen molar-refractivity contribution in [2.24, 2.45) is 0 Å². The van der Waals surface area contributed by atoms with Gasteiger partial charge in [0.1, 0.15) is 0 Å². The molecule has 1 saturated heterocycles. The molecule has 8 heteroatoms. The zero-order valence-electron chi connectivity index (χ0n) is 15.9. The van der Waals surface area contributed by atoms with Crippen LogP contribution in [-0.4, -0.2) is 66.9 Å². The summed E-state index contributed by atoms with van der Waals surface area (Å²) in [6.07, 6.45) is 9.89. The van der Waals surface area contributed by atoms with Gasteiger partial charge in [-0.2, -0.15) is 10.2 Å². The normalized spacial score (nSPS) is 17.3. The maximum absolute atomic E-state index is 12.5. The average Bonchev–Trinajstić information content (AvgIpc) is 3.35. The van der Waals surface area contributed by atoms with E-state index in [1.807, 2.05) is 50.6 Å². The maximum Gasteiger partial charge on any atom is 0.222 e. The fourth-order valence-electron chi connectivity index (χ4n) is 3.51. The Labute approximate surface area is 159 Å². The van der Waals surface area contributed by atoms with Gasteiger partial charge in [-0.25, -0.2) is 0 Å². The summed E-state index contributed by atoms with van der Waals surface area (Å²) < 4.78 is 3.69. The van der Waals surface area contributed by atoms with Gasteiger partial charge in [0, 0.05) is 76.4 Å². The molecule has 27 heavy (non-hydrogen) atoms. The van der Waals surface area contributed by atoms with E-state index in [0.29, 0.717) is 32.5 Å². The molecule has 0 unspecified atom stereocenters. The average molecular weight is 372 g/mol. The van der Waals surface area contributed by atoms with Crippen LogP contribution in [0.3, 0.4) is 0 Å². The lowest BCUT2D eigenvalue weighted by Gasteiger charge is -2.40. The van der Waals surface area contributed by atoms with Crippen LogP contribution < -0.4 is 0 Å². The molecule has 146 valence electrons. The van der Waals surface area contributed by atoms with E-state index in [-0.39, 0.29) is 17.9 Å². The van der Waals surface area contributed by atoms with Crippen LogP contribution in [0, 0.1) is 0 Å². The van der Waals surface area contributed by atoms with E-state index in [1.165, 1.54) is 0 Å². The molecule has 2 aromatic rings. The Hall–Kier alpha value is -2.64. The Morgan fingerprint density at radius 1 is 0.926 bits per heavy atom. The van der Waals surface area contributed by atoms with Crippen LogP contribution >= 0.6 is 0 Å². The molecule has 1 fully saturated rings. The van der Waals surface area contributed by atoms with E-state index in [0.717, 1.165) is 25.9 Å². The number of carbonyl (C=O) groups excluding carboxylic acids is 2. The van der Waals surface area contributed by atoms with Gasteiger partial charge in [0.2, 0.25) is 11.8 Å².